The zero-order valence-electron chi connectivity index (χ0n) is 16.8. The van der Waals surface area contributed by atoms with Gasteiger partial charge in [0.2, 0.25) is 0 Å². The molecule has 27 heavy (non-hydrogen) atoms. The lowest BCUT2D eigenvalue weighted by Crippen LogP contribution is -2.20. The molecule has 0 unspecified atom stereocenters. The van der Waals surface area contributed by atoms with Gasteiger partial charge in [-0.25, -0.2) is 9.67 Å². The number of aryl methyl sites for hydroxylation is 2. The van der Waals surface area contributed by atoms with E-state index in [-0.39, 0.29) is 0 Å². The fourth-order valence-corrected chi connectivity index (χ4v) is 3.19. The largest absolute Gasteiger partial charge is 0.357 e. The molecule has 1 N–H and O–H groups in total. The summed E-state index contributed by atoms with van der Waals surface area (Å²) >= 11 is 0. The van der Waals surface area contributed by atoms with Crippen LogP contribution in [0.15, 0.2) is 36.7 Å². The summed E-state index contributed by atoms with van der Waals surface area (Å²) in [6.07, 6.45) is 5.83. The van der Waals surface area contributed by atoms with E-state index in [1.54, 1.807) is 0 Å². The van der Waals surface area contributed by atoms with Gasteiger partial charge in [0.1, 0.15) is 5.82 Å². The SMILES string of the molecule is CCCc1cc(-n2nc(C)c(-c3ccc(NCN(C)C)nc3)c2C)ccn1. The lowest BCUT2D eigenvalue weighted by atomic mass is 10.1. The first-order valence-electron chi connectivity index (χ1n) is 9.36. The standard InChI is InChI=1S/C21H28N6/c1-6-7-18-12-19(10-11-22-18)27-16(3)21(15(2)25-27)17-8-9-20(23-13-17)24-14-26(4)5/h8-13H,6-7,14H2,1-5H3,(H,23,24). The van der Waals surface area contributed by atoms with E-state index in [1.165, 1.54) is 0 Å². The zero-order valence-corrected chi connectivity index (χ0v) is 16.8. The highest BCUT2D eigenvalue weighted by atomic mass is 15.3. The lowest BCUT2D eigenvalue weighted by Gasteiger charge is -2.12. The number of pyridine rings is 2. The average molecular weight is 364 g/mol. The van der Waals surface area contributed by atoms with Crippen molar-refractivity contribution in [1.82, 2.24) is 24.6 Å². The smallest absolute Gasteiger partial charge is 0.126 e. The van der Waals surface area contributed by atoms with Crippen LogP contribution in [-0.2, 0) is 6.42 Å². The Bertz CT molecular complexity index is 896. The molecule has 3 aromatic heterocycles. The van der Waals surface area contributed by atoms with Crippen molar-refractivity contribution >= 4 is 5.82 Å². The normalized spacial score (nSPS) is 11.2. The van der Waals surface area contributed by atoms with Gasteiger partial charge in [-0.3, -0.25) is 9.88 Å². The van der Waals surface area contributed by atoms with Gasteiger partial charge in [0, 0.05) is 34.9 Å². The summed E-state index contributed by atoms with van der Waals surface area (Å²) in [4.78, 5) is 11.1. The van der Waals surface area contributed by atoms with Crippen molar-refractivity contribution in [3.8, 4) is 16.8 Å². The van der Waals surface area contributed by atoms with Crippen LogP contribution in [0.5, 0.6) is 0 Å². The van der Waals surface area contributed by atoms with E-state index in [4.69, 9.17) is 5.10 Å². The van der Waals surface area contributed by atoms with Crippen molar-refractivity contribution in [3.63, 3.8) is 0 Å². The first kappa shape index (κ1) is 19.0. The molecule has 0 amide bonds. The topological polar surface area (TPSA) is 58.9 Å². The number of anilines is 1. The number of hydrogen-bond acceptors (Lipinski definition) is 5. The van der Waals surface area contributed by atoms with Crippen molar-refractivity contribution in [2.75, 3.05) is 26.1 Å². The van der Waals surface area contributed by atoms with Crippen LogP contribution in [0.2, 0.25) is 0 Å². The van der Waals surface area contributed by atoms with Gasteiger partial charge in [0.05, 0.1) is 18.1 Å². The second-order valence-corrected chi connectivity index (χ2v) is 7.06. The van der Waals surface area contributed by atoms with Crippen molar-refractivity contribution in [2.24, 2.45) is 0 Å². The molecule has 0 fully saturated rings. The molecule has 6 nitrogen and oxygen atoms in total. The molecule has 0 saturated heterocycles. The summed E-state index contributed by atoms with van der Waals surface area (Å²) in [7, 11) is 4.04. The molecular weight excluding hydrogens is 336 g/mol. The van der Waals surface area contributed by atoms with Gasteiger partial charge >= 0.3 is 0 Å². The third kappa shape index (κ3) is 4.34. The molecule has 0 aromatic carbocycles. The molecule has 3 rings (SSSR count). The molecule has 0 aliphatic heterocycles. The molecule has 0 radical (unpaired) electrons. The fourth-order valence-electron chi connectivity index (χ4n) is 3.19. The second-order valence-electron chi connectivity index (χ2n) is 7.06. The first-order chi connectivity index (χ1) is 13.0. The summed E-state index contributed by atoms with van der Waals surface area (Å²) in [5.41, 5.74) is 6.47. The van der Waals surface area contributed by atoms with Gasteiger partial charge in [-0.2, -0.15) is 5.10 Å². The Morgan fingerprint density at radius 3 is 2.59 bits per heavy atom. The van der Waals surface area contributed by atoms with Crippen LogP contribution in [0.1, 0.15) is 30.4 Å². The van der Waals surface area contributed by atoms with Gasteiger partial charge in [-0.1, -0.05) is 13.3 Å². The maximum absolute atomic E-state index is 4.78. The van der Waals surface area contributed by atoms with Crippen LogP contribution in [-0.4, -0.2) is 45.4 Å². The van der Waals surface area contributed by atoms with E-state index in [0.717, 1.165) is 59.2 Å². The summed E-state index contributed by atoms with van der Waals surface area (Å²) < 4.78 is 2.00. The summed E-state index contributed by atoms with van der Waals surface area (Å²) in [5.74, 6) is 0.869. The highest BCUT2D eigenvalue weighted by Crippen LogP contribution is 2.28. The number of aromatic nitrogens is 4. The van der Waals surface area contributed by atoms with Gasteiger partial charge in [-0.15, -0.1) is 0 Å². The predicted molar refractivity (Wildman–Crippen MR) is 110 cm³/mol. The zero-order chi connectivity index (χ0) is 19.4. The van der Waals surface area contributed by atoms with Crippen LogP contribution in [0.25, 0.3) is 16.8 Å². The molecule has 3 aromatic rings. The fraction of sp³-hybridized carbons (Fsp3) is 0.381. The molecule has 0 bridgehead atoms. The van der Waals surface area contributed by atoms with Gasteiger partial charge in [0.25, 0.3) is 0 Å². The third-order valence-electron chi connectivity index (χ3n) is 4.47. The molecule has 0 aliphatic carbocycles. The van der Waals surface area contributed by atoms with E-state index in [1.807, 2.05) is 50.2 Å². The van der Waals surface area contributed by atoms with Crippen LogP contribution in [0.3, 0.4) is 0 Å². The number of nitrogens with one attached hydrogen (secondary N) is 1. The molecule has 6 heteroatoms. The maximum atomic E-state index is 4.78. The Hall–Kier alpha value is -2.73. The lowest BCUT2D eigenvalue weighted by molar-refractivity contribution is 0.439. The molecule has 0 atom stereocenters. The van der Waals surface area contributed by atoms with Crippen molar-refractivity contribution < 1.29 is 0 Å². The van der Waals surface area contributed by atoms with E-state index >= 15 is 0 Å². The monoisotopic (exact) mass is 364 g/mol. The molecule has 142 valence electrons. The highest BCUT2D eigenvalue weighted by Gasteiger charge is 2.15. The van der Waals surface area contributed by atoms with E-state index in [2.05, 4.69) is 46.2 Å². The molecule has 0 spiro atoms. The van der Waals surface area contributed by atoms with E-state index in [0.29, 0.717) is 0 Å². The third-order valence-corrected chi connectivity index (χ3v) is 4.47. The van der Waals surface area contributed by atoms with Crippen LogP contribution < -0.4 is 5.32 Å². The van der Waals surface area contributed by atoms with Crippen molar-refractivity contribution in [3.05, 3.63) is 53.7 Å². The first-order valence-corrected chi connectivity index (χ1v) is 9.36. The summed E-state index contributed by atoms with van der Waals surface area (Å²) in [5, 5.41) is 8.07. The van der Waals surface area contributed by atoms with Crippen molar-refractivity contribution in [2.45, 2.75) is 33.6 Å². The molecule has 0 aliphatic rings. The van der Waals surface area contributed by atoms with Crippen molar-refractivity contribution in [1.29, 1.82) is 0 Å². The number of rotatable bonds is 7. The minimum absolute atomic E-state index is 0.754. The molecular formula is C21H28N6. The summed E-state index contributed by atoms with van der Waals surface area (Å²) in [6.45, 7) is 7.07. The number of hydrogen-bond donors (Lipinski definition) is 1. The predicted octanol–water partition coefficient (Wildman–Crippen LogP) is 3.83. The second kappa shape index (κ2) is 8.31. The van der Waals surface area contributed by atoms with Crippen LogP contribution >= 0.6 is 0 Å². The van der Waals surface area contributed by atoms with Gasteiger partial charge in [0.15, 0.2) is 0 Å². The molecule has 3 heterocycles. The Morgan fingerprint density at radius 1 is 1.11 bits per heavy atom. The quantitative estimate of drug-likeness (QED) is 0.646. The average Bonchev–Trinajstić information content (AvgIpc) is 2.95. The summed E-state index contributed by atoms with van der Waals surface area (Å²) in [6, 6.07) is 8.25. The Labute approximate surface area is 161 Å². The minimum atomic E-state index is 0.754. The highest BCUT2D eigenvalue weighted by molar-refractivity contribution is 5.69. The Balaban J connectivity index is 1.91. The Kier molecular flexibility index (Phi) is 5.86. The van der Waals surface area contributed by atoms with E-state index in [9.17, 15) is 0 Å². The number of nitrogens with zero attached hydrogens (tertiary/aromatic N) is 5. The van der Waals surface area contributed by atoms with E-state index < -0.39 is 0 Å². The molecule has 0 saturated carbocycles. The van der Waals surface area contributed by atoms with Crippen LogP contribution in [0, 0.1) is 13.8 Å². The van der Waals surface area contributed by atoms with Gasteiger partial charge < -0.3 is 5.32 Å². The minimum Gasteiger partial charge on any atom is -0.357 e. The Morgan fingerprint density at radius 2 is 1.93 bits per heavy atom. The van der Waals surface area contributed by atoms with Crippen LogP contribution in [0.4, 0.5) is 5.82 Å². The van der Waals surface area contributed by atoms with Gasteiger partial charge in [-0.05, 0) is 58.6 Å². The maximum Gasteiger partial charge on any atom is 0.126 e.